The lowest BCUT2D eigenvalue weighted by atomic mass is 9.93. The van der Waals surface area contributed by atoms with Gasteiger partial charge in [-0.1, -0.05) is 23.7 Å². The Hall–Kier alpha value is -2.84. The van der Waals surface area contributed by atoms with Crippen molar-refractivity contribution >= 4 is 28.6 Å². The summed E-state index contributed by atoms with van der Waals surface area (Å²) in [7, 11) is 0. The molecule has 0 aliphatic heterocycles. The van der Waals surface area contributed by atoms with Gasteiger partial charge in [0.05, 0.1) is 23.3 Å². The fourth-order valence-corrected chi connectivity index (χ4v) is 3.08. The zero-order chi connectivity index (χ0) is 20.6. The molecule has 1 heterocycles. The third-order valence-corrected chi connectivity index (χ3v) is 4.31. The van der Waals surface area contributed by atoms with Crippen LogP contribution in [0.25, 0.3) is 28.1 Å². The number of aliphatic hydroxyl groups excluding tert-OH is 1. The summed E-state index contributed by atoms with van der Waals surface area (Å²) in [6.45, 7) is -1.01. The Morgan fingerprint density at radius 1 is 1.21 bits per heavy atom. The largest absolute Gasteiger partial charge is 0.507 e. The number of aliphatic hydroxyl groups is 1. The highest BCUT2D eigenvalue weighted by atomic mass is 35.5. The lowest BCUT2D eigenvalue weighted by Crippen LogP contribution is -2.15. The van der Waals surface area contributed by atoms with Crippen LogP contribution in [-0.2, 0) is 6.18 Å². The second-order valence-electron chi connectivity index (χ2n) is 5.88. The highest BCUT2D eigenvalue weighted by Gasteiger charge is 2.34. The quantitative estimate of drug-likeness (QED) is 0.536. The Labute approximate surface area is 160 Å². The zero-order valence-electron chi connectivity index (χ0n) is 13.9. The molecule has 28 heavy (non-hydrogen) atoms. The van der Waals surface area contributed by atoms with Crippen molar-refractivity contribution in [2.24, 2.45) is 0 Å². The molecule has 0 aliphatic carbocycles. The summed E-state index contributed by atoms with van der Waals surface area (Å²) < 4.78 is 53.9. The summed E-state index contributed by atoms with van der Waals surface area (Å²) in [6.07, 6.45) is -4.06. The van der Waals surface area contributed by atoms with Crippen LogP contribution in [0.4, 0.5) is 17.6 Å². The van der Waals surface area contributed by atoms with Crippen molar-refractivity contribution in [1.29, 1.82) is 0 Å². The summed E-state index contributed by atoms with van der Waals surface area (Å²) in [5.74, 6) is -1.45. The third kappa shape index (κ3) is 3.61. The van der Waals surface area contributed by atoms with Gasteiger partial charge >= 0.3 is 6.18 Å². The maximum absolute atomic E-state index is 13.7. The molecular weight excluding hydrogens is 402 g/mol. The molecule has 0 saturated carbocycles. The molecule has 4 nitrogen and oxygen atoms in total. The summed E-state index contributed by atoms with van der Waals surface area (Å²) in [6, 6.07) is 7.02. The maximum Gasteiger partial charge on any atom is 0.418 e. The van der Waals surface area contributed by atoms with Gasteiger partial charge in [-0.25, -0.2) is 4.39 Å². The van der Waals surface area contributed by atoms with Crippen molar-refractivity contribution in [2.45, 2.75) is 6.18 Å². The van der Waals surface area contributed by atoms with Gasteiger partial charge < -0.3 is 15.2 Å². The van der Waals surface area contributed by atoms with Gasteiger partial charge in [-0.2, -0.15) is 13.2 Å². The van der Waals surface area contributed by atoms with Gasteiger partial charge in [0.25, 0.3) is 5.56 Å². The standard InChI is InChI=1S/C19H12ClF4NO3/c20-9-4-5-15(27)12(6-9)16-11-2-1-3-14(19(22,23)24)17(11)25-18(28)13(16)7-10(21)8-26/h1-7,26-27H,8H2,(H,25,28)/b10-7-. The van der Waals surface area contributed by atoms with Gasteiger partial charge in [-0.3, -0.25) is 4.79 Å². The second kappa shape index (κ2) is 7.29. The van der Waals surface area contributed by atoms with E-state index in [4.69, 9.17) is 16.7 Å². The number of phenols is 1. The van der Waals surface area contributed by atoms with E-state index in [1.54, 1.807) is 0 Å². The molecule has 2 aromatic carbocycles. The van der Waals surface area contributed by atoms with Crippen LogP contribution in [0, 0.1) is 0 Å². The van der Waals surface area contributed by atoms with Crippen molar-refractivity contribution in [3.05, 3.63) is 68.7 Å². The minimum Gasteiger partial charge on any atom is -0.507 e. The molecule has 0 atom stereocenters. The van der Waals surface area contributed by atoms with Crippen LogP contribution in [0.5, 0.6) is 5.75 Å². The predicted molar refractivity (Wildman–Crippen MR) is 97.9 cm³/mol. The Kier molecular flexibility index (Phi) is 5.18. The maximum atomic E-state index is 13.7. The Balaban J connectivity index is 2.56. The molecule has 3 rings (SSSR count). The van der Waals surface area contributed by atoms with Crippen LogP contribution >= 0.6 is 11.6 Å². The number of aromatic nitrogens is 1. The molecule has 0 saturated heterocycles. The Morgan fingerprint density at radius 3 is 2.57 bits per heavy atom. The van der Waals surface area contributed by atoms with E-state index in [-0.39, 0.29) is 32.8 Å². The van der Waals surface area contributed by atoms with E-state index < -0.39 is 35.2 Å². The number of hydrogen-bond donors (Lipinski definition) is 3. The van der Waals surface area contributed by atoms with Gasteiger partial charge in [-0.15, -0.1) is 0 Å². The van der Waals surface area contributed by atoms with E-state index in [1.165, 1.54) is 24.3 Å². The number of para-hydroxylation sites is 1. The normalized spacial score (nSPS) is 12.6. The van der Waals surface area contributed by atoms with Crippen LogP contribution in [0.2, 0.25) is 5.02 Å². The number of alkyl halides is 3. The van der Waals surface area contributed by atoms with Crippen molar-refractivity contribution < 1.29 is 27.8 Å². The van der Waals surface area contributed by atoms with Crippen LogP contribution < -0.4 is 5.56 Å². The molecule has 146 valence electrons. The molecular formula is C19H12ClF4NO3. The third-order valence-electron chi connectivity index (χ3n) is 4.07. The average Bonchev–Trinajstić information content (AvgIpc) is 2.63. The monoisotopic (exact) mass is 413 g/mol. The number of fused-ring (bicyclic) bond motifs is 1. The van der Waals surface area contributed by atoms with E-state index in [2.05, 4.69) is 4.98 Å². The molecule has 9 heteroatoms. The number of aromatic hydroxyl groups is 1. The number of benzene rings is 2. The highest BCUT2D eigenvalue weighted by Crippen LogP contribution is 2.41. The van der Waals surface area contributed by atoms with Gasteiger partial charge in [0.15, 0.2) is 0 Å². The fourth-order valence-electron chi connectivity index (χ4n) is 2.91. The number of halogens is 5. The number of phenolic OH excluding ortho intramolecular Hbond substituents is 1. The van der Waals surface area contributed by atoms with Gasteiger partial charge in [-0.05, 0) is 30.3 Å². The topological polar surface area (TPSA) is 73.3 Å². The first-order valence-corrected chi connectivity index (χ1v) is 8.23. The summed E-state index contributed by atoms with van der Waals surface area (Å²) in [5.41, 5.74) is -3.20. The lowest BCUT2D eigenvalue weighted by Gasteiger charge is -2.16. The average molecular weight is 414 g/mol. The Morgan fingerprint density at radius 2 is 1.93 bits per heavy atom. The lowest BCUT2D eigenvalue weighted by molar-refractivity contribution is -0.136. The summed E-state index contributed by atoms with van der Waals surface area (Å²) in [5, 5.41) is 19.2. The van der Waals surface area contributed by atoms with Crippen molar-refractivity contribution in [1.82, 2.24) is 4.98 Å². The van der Waals surface area contributed by atoms with Crippen LogP contribution in [0.1, 0.15) is 11.1 Å². The zero-order valence-corrected chi connectivity index (χ0v) is 14.7. The highest BCUT2D eigenvalue weighted by molar-refractivity contribution is 6.31. The fraction of sp³-hybridized carbons (Fsp3) is 0.105. The van der Waals surface area contributed by atoms with E-state index >= 15 is 0 Å². The van der Waals surface area contributed by atoms with E-state index in [9.17, 15) is 27.5 Å². The van der Waals surface area contributed by atoms with Gasteiger partial charge in [0.2, 0.25) is 0 Å². The molecule has 1 aromatic heterocycles. The number of pyridine rings is 1. The summed E-state index contributed by atoms with van der Waals surface area (Å²) >= 11 is 5.94. The first kappa shape index (κ1) is 19.9. The predicted octanol–water partition coefficient (Wildman–Crippen LogP) is 4.88. The second-order valence-corrected chi connectivity index (χ2v) is 6.32. The van der Waals surface area contributed by atoms with E-state index in [0.29, 0.717) is 6.08 Å². The molecule has 0 amide bonds. The minimum absolute atomic E-state index is 0.0556. The molecule has 0 bridgehead atoms. The first-order chi connectivity index (χ1) is 13.1. The van der Waals surface area contributed by atoms with Crippen LogP contribution in [0.15, 0.2) is 47.0 Å². The van der Waals surface area contributed by atoms with Crippen molar-refractivity contribution in [3.8, 4) is 16.9 Å². The first-order valence-electron chi connectivity index (χ1n) is 7.85. The Bertz CT molecular complexity index is 1150. The molecule has 0 aliphatic rings. The van der Waals surface area contributed by atoms with Crippen molar-refractivity contribution in [3.63, 3.8) is 0 Å². The van der Waals surface area contributed by atoms with Gasteiger partial charge in [0.1, 0.15) is 11.6 Å². The van der Waals surface area contributed by atoms with Crippen molar-refractivity contribution in [2.75, 3.05) is 6.61 Å². The van der Waals surface area contributed by atoms with Crippen LogP contribution in [0.3, 0.4) is 0 Å². The SMILES string of the molecule is O=c1[nH]c2c(C(F)(F)F)cccc2c(-c2cc(Cl)ccc2O)c1/C=C(\F)CO. The molecule has 0 radical (unpaired) electrons. The number of H-pyrrole nitrogens is 1. The number of aromatic amines is 1. The van der Waals surface area contributed by atoms with E-state index in [1.807, 2.05) is 0 Å². The van der Waals surface area contributed by atoms with Gasteiger partial charge in [0, 0.05) is 21.5 Å². The number of nitrogens with one attached hydrogen (secondary N) is 1. The molecule has 3 aromatic rings. The molecule has 3 N–H and O–H groups in total. The number of hydrogen-bond acceptors (Lipinski definition) is 3. The smallest absolute Gasteiger partial charge is 0.418 e. The molecule has 0 fully saturated rings. The summed E-state index contributed by atoms with van der Waals surface area (Å²) in [4.78, 5) is 14.6. The minimum atomic E-state index is -4.76. The molecule has 0 unspecified atom stereocenters. The van der Waals surface area contributed by atoms with Crippen LogP contribution in [-0.4, -0.2) is 21.8 Å². The number of rotatable bonds is 3. The molecule has 0 spiro atoms. The van der Waals surface area contributed by atoms with E-state index in [0.717, 1.165) is 12.1 Å².